The summed E-state index contributed by atoms with van der Waals surface area (Å²) in [5, 5.41) is 21.4. The average Bonchev–Trinajstić information content (AvgIpc) is 3.25. The van der Waals surface area contributed by atoms with Crippen molar-refractivity contribution in [3.63, 3.8) is 0 Å². The maximum atomic E-state index is 10.6. The van der Waals surface area contributed by atoms with Gasteiger partial charge in [0.2, 0.25) is 0 Å². The van der Waals surface area contributed by atoms with Gasteiger partial charge in [0, 0.05) is 37.3 Å². The maximum absolute atomic E-state index is 10.6. The van der Waals surface area contributed by atoms with Gasteiger partial charge in [-0.3, -0.25) is 9.88 Å². The van der Waals surface area contributed by atoms with Gasteiger partial charge in [-0.1, -0.05) is 6.07 Å². The lowest BCUT2D eigenvalue weighted by molar-refractivity contribution is -0.193. The molecule has 2 fully saturated rings. The van der Waals surface area contributed by atoms with E-state index in [1.807, 2.05) is 0 Å². The third-order valence-corrected chi connectivity index (χ3v) is 6.30. The molecule has 254 valence electrons. The molecule has 2 aliphatic heterocycles. The van der Waals surface area contributed by atoms with Gasteiger partial charge in [-0.05, 0) is 58.8 Å². The van der Waals surface area contributed by atoms with Crippen LogP contribution in [-0.4, -0.2) is 112 Å². The first-order valence-corrected chi connectivity index (χ1v) is 12.7. The summed E-state index contributed by atoms with van der Waals surface area (Å²) in [6.07, 6.45) is -13.6. The Hall–Kier alpha value is -3.19. The molecule has 10 nitrogen and oxygen atoms in total. The van der Waals surface area contributed by atoms with Gasteiger partial charge in [0.05, 0.1) is 18.4 Å². The Morgan fingerprint density at radius 1 is 0.955 bits per heavy atom. The smallest absolute Gasteiger partial charge is 0.475 e. The van der Waals surface area contributed by atoms with E-state index < -0.39 is 36.4 Å². The molecule has 44 heavy (non-hydrogen) atoms. The summed E-state index contributed by atoms with van der Waals surface area (Å²) in [5.41, 5.74) is 2.30. The summed E-state index contributed by atoms with van der Waals surface area (Å²) in [4.78, 5) is 36.3. The number of piperidine rings is 1. The monoisotopic (exact) mass is 659 g/mol. The molecule has 2 aliphatic rings. The van der Waals surface area contributed by atoms with E-state index in [0.717, 1.165) is 37.9 Å². The second-order valence-corrected chi connectivity index (χ2v) is 10.0. The minimum Gasteiger partial charge on any atom is -0.475 e. The van der Waals surface area contributed by atoms with E-state index in [2.05, 4.69) is 60.8 Å². The highest BCUT2D eigenvalue weighted by molar-refractivity contribution is 5.73. The van der Waals surface area contributed by atoms with Crippen molar-refractivity contribution in [2.24, 2.45) is 11.8 Å². The summed E-state index contributed by atoms with van der Waals surface area (Å²) in [7, 11) is 2.21. The summed E-state index contributed by atoms with van der Waals surface area (Å²) < 4.78 is 101. The summed E-state index contributed by atoms with van der Waals surface area (Å²) in [5.74, 6) is -6.84. The zero-order chi connectivity index (χ0) is 34.6. The molecule has 3 heterocycles. The lowest BCUT2D eigenvalue weighted by Gasteiger charge is -2.37. The van der Waals surface area contributed by atoms with Crippen LogP contribution in [0.25, 0.3) is 0 Å². The molecule has 0 bridgehead atoms. The summed E-state index contributed by atoms with van der Waals surface area (Å²) in [6.45, 7) is 11.9. The quantitative estimate of drug-likeness (QED) is 0.388. The van der Waals surface area contributed by atoms with E-state index >= 15 is 0 Å². The second kappa shape index (κ2) is 17.3. The second-order valence-electron chi connectivity index (χ2n) is 10.0. The average molecular weight is 660 g/mol. The van der Waals surface area contributed by atoms with Gasteiger partial charge in [0.25, 0.3) is 0 Å². The minimum absolute atomic E-state index is 0.390. The van der Waals surface area contributed by atoms with E-state index in [4.69, 9.17) is 34.4 Å². The molecule has 3 atom stereocenters. The van der Waals surface area contributed by atoms with Gasteiger partial charge < -0.3 is 25.0 Å². The van der Waals surface area contributed by atoms with Gasteiger partial charge in [0.15, 0.2) is 0 Å². The molecule has 1 aromatic heterocycles. The number of likely N-dealkylation sites (N-methyl/N-ethyl adjacent to an activating group) is 1. The number of carbonyl (C=O) groups is 3. The Morgan fingerprint density at radius 3 is 1.80 bits per heavy atom. The fraction of sp³-hybridized carbons (Fsp3) is 0.680. The Balaban J connectivity index is 0.000000721. The molecule has 19 heteroatoms. The lowest BCUT2D eigenvalue weighted by atomic mass is 9.84. The van der Waals surface area contributed by atoms with E-state index in [9.17, 15) is 39.5 Å². The molecular weight excluding hydrogens is 625 g/mol. The van der Waals surface area contributed by atoms with Crippen molar-refractivity contribution in [3.8, 4) is 0 Å². The number of rotatable bonds is 5. The SMILES string of the molecule is Cc1cccc(CN2CC[C@H]3CO[C@H](CN(C)C(C)C)[C@H]3C2)n1.O=C(O)C(F)(F)F.O=C(O)C(F)(F)F.O=C(O)C(F)(F)F. The van der Waals surface area contributed by atoms with Gasteiger partial charge >= 0.3 is 36.4 Å². The number of fused-ring (bicyclic) bond motifs is 1. The normalized spacial score (nSPS) is 20.3. The Kier molecular flexibility index (Phi) is 16.1. The van der Waals surface area contributed by atoms with Crippen molar-refractivity contribution in [2.75, 3.05) is 33.3 Å². The van der Waals surface area contributed by atoms with Crippen LogP contribution < -0.4 is 0 Å². The molecule has 0 aliphatic carbocycles. The van der Waals surface area contributed by atoms with Crippen molar-refractivity contribution >= 4 is 17.9 Å². The van der Waals surface area contributed by atoms with Crippen molar-refractivity contribution in [3.05, 3.63) is 29.6 Å². The lowest BCUT2D eigenvalue weighted by Crippen LogP contribution is -2.45. The van der Waals surface area contributed by atoms with Crippen LogP contribution in [0.2, 0.25) is 0 Å². The van der Waals surface area contributed by atoms with Crippen LogP contribution in [0.5, 0.6) is 0 Å². The van der Waals surface area contributed by atoms with Crippen LogP contribution in [0.4, 0.5) is 39.5 Å². The van der Waals surface area contributed by atoms with Crippen LogP contribution >= 0.6 is 0 Å². The minimum atomic E-state index is -5.08. The van der Waals surface area contributed by atoms with Crippen LogP contribution in [0.15, 0.2) is 18.2 Å². The van der Waals surface area contributed by atoms with Crippen LogP contribution in [0.3, 0.4) is 0 Å². The van der Waals surface area contributed by atoms with Crippen LogP contribution in [0, 0.1) is 18.8 Å². The Labute approximate surface area is 246 Å². The van der Waals surface area contributed by atoms with Crippen molar-refractivity contribution in [1.82, 2.24) is 14.8 Å². The fourth-order valence-corrected chi connectivity index (χ4v) is 3.84. The number of alkyl halides is 9. The number of nitrogens with zero attached hydrogens (tertiary/aromatic N) is 3. The first-order valence-electron chi connectivity index (χ1n) is 12.7. The third kappa shape index (κ3) is 16.0. The highest BCUT2D eigenvalue weighted by Gasteiger charge is 2.42. The van der Waals surface area contributed by atoms with Crippen molar-refractivity contribution in [2.45, 2.75) is 64.4 Å². The number of hydrogen-bond donors (Lipinski definition) is 3. The first kappa shape index (κ1) is 40.8. The molecule has 3 N–H and O–H groups in total. The highest BCUT2D eigenvalue weighted by atomic mass is 19.4. The van der Waals surface area contributed by atoms with E-state index in [1.165, 1.54) is 18.7 Å². The van der Waals surface area contributed by atoms with Crippen LogP contribution in [0.1, 0.15) is 31.7 Å². The first-order chi connectivity index (χ1) is 19.9. The van der Waals surface area contributed by atoms with Crippen molar-refractivity contribution < 1.29 is 74.0 Å². The predicted molar refractivity (Wildman–Crippen MR) is 134 cm³/mol. The summed E-state index contributed by atoms with van der Waals surface area (Å²) >= 11 is 0. The maximum Gasteiger partial charge on any atom is 0.490 e. The number of halogens is 9. The topological polar surface area (TPSA) is 140 Å². The molecule has 1 aromatic rings. The largest absolute Gasteiger partial charge is 0.490 e. The molecule has 0 radical (unpaired) electrons. The molecular formula is C25H34F9N3O7. The molecule has 0 unspecified atom stereocenters. The van der Waals surface area contributed by atoms with Gasteiger partial charge in [-0.25, -0.2) is 14.4 Å². The highest BCUT2D eigenvalue weighted by Crippen LogP contribution is 2.35. The molecule has 2 saturated heterocycles. The number of likely N-dealkylation sites (tertiary alicyclic amines) is 1. The number of pyridine rings is 1. The number of aryl methyl sites for hydroxylation is 1. The number of carboxylic acid groups (broad SMARTS) is 3. The van der Waals surface area contributed by atoms with E-state index in [-0.39, 0.29) is 0 Å². The van der Waals surface area contributed by atoms with Gasteiger partial charge in [-0.15, -0.1) is 0 Å². The molecule has 0 aromatic carbocycles. The van der Waals surface area contributed by atoms with Gasteiger partial charge in [-0.2, -0.15) is 39.5 Å². The molecule has 0 saturated carbocycles. The molecule has 0 amide bonds. The fourth-order valence-electron chi connectivity index (χ4n) is 3.84. The summed E-state index contributed by atoms with van der Waals surface area (Å²) in [6, 6.07) is 6.91. The Morgan fingerprint density at radius 2 is 1.41 bits per heavy atom. The Bertz CT molecular complexity index is 1010. The number of aliphatic carboxylic acids is 3. The molecule has 0 spiro atoms. The third-order valence-electron chi connectivity index (χ3n) is 6.30. The number of ether oxygens (including phenoxy) is 1. The van der Waals surface area contributed by atoms with E-state index in [1.54, 1.807) is 0 Å². The zero-order valence-corrected chi connectivity index (χ0v) is 24.0. The standard InChI is InChI=1S/C19H31N3O.3C2HF3O2/c1-14(2)21(4)12-19-18-11-22(9-8-16(18)13-23-19)10-17-7-5-6-15(3)20-17;3*3-2(4,5)1(6)7/h5-7,14,16,18-19H,8-13H2,1-4H3;3*(H,6,7)/t16-,18-,19+;;;/m0.../s1. The predicted octanol–water partition coefficient (Wildman–Crippen LogP) is 4.47. The van der Waals surface area contributed by atoms with Gasteiger partial charge in [0.1, 0.15) is 0 Å². The van der Waals surface area contributed by atoms with Crippen molar-refractivity contribution in [1.29, 1.82) is 0 Å². The van der Waals surface area contributed by atoms with E-state index in [0.29, 0.717) is 18.1 Å². The molecule has 3 rings (SSSR count). The number of carboxylic acids is 3. The zero-order valence-electron chi connectivity index (χ0n) is 24.0. The number of hydrogen-bond acceptors (Lipinski definition) is 7. The number of aromatic nitrogens is 1. The van der Waals surface area contributed by atoms with Crippen LogP contribution in [-0.2, 0) is 25.7 Å².